The molecule has 0 amide bonds. The SMILES string of the molecule is CS(=O)(=O)N1CCc2nc3n(c(=O)c2C1)[C@]1(CC3)CCN(c2ncccn2)C1. The predicted molar refractivity (Wildman–Crippen MR) is 103 cm³/mol. The summed E-state index contributed by atoms with van der Waals surface area (Å²) in [4.78, 5) is 29.0. The van der Waals surface area contributed by atoms with Crippen molar-refractivity contribution in [3.8, 4) is 0 Å². The Hall–Kier alpha value is -2.33. The Morgan fingerprint density at radius 2 is 1.89 bits per heavy atom. The van der Waals surface area contributed by atoms with Crippen LogP contribution in [0.5, 0.6) is 0 Å². The first-order chi connectivity index (χ1) is 13.4. The van der Waals surface area contributed by atoms with Gasteiger partial charge in [-0.25, -0.2) is 23.4 Å². The van der Waals surface area contributed by atoms with Crippen LogP contribution in [0.3, 0.4) is 0 Å². The lowest BCUT2D eigenvalue weighted by Gasteiger charge is -2.30. The molecule has 3 aliphatic heterocycles. The molecule has 10 heteroatoms. The van der Waals surface area contributed by atoms with Crippen LogP contribution in [-0.2, 0) is 34.9 Å². The number of aromatic nitrogens is 4. The number of aryl methyl sites for hydroxylation is 1. The highest BCUT2D eigenvalue weighted by molar-refractivity contribution is 7.88. The van der Waals surface area contributed by atoms with Crippen molar-refractivity contribution in [2.24, 2.45) is 0 Å². The molecule has 1 saturated heterocycles. The molecular formula is C18H22N6O3S. The number of fused-ring (bicyclic) bond motifs is 3. The molecule has 2 aromatic heterocycles. The normalized spacial score (nSPS) is 24.5. The lowest BCUT2D eigenvalue weighted by atomic mass is 9.95. The average Bonchev–Trinajstić information content (AvgIpc) is 3.27. The third-order valence-corrected chi connectivity index (χ3v) is 7.44. The van der Waals surface area contributed by atoms with Crippen LogP contribution < -0.4 is 10.5 Å². The van der Waals surface area contributed by atoms with Gasteiger partial charge in [-0.2, -0.15) is 4.31 Å². The molecule has 0 unspecified atom stereocenters. The summed E-state index contributed by atoms with van der Waals surface area (Å²) < 4.78 is 27.1. The summed E-state index contributed by atoms with van der Waals surface area (Å²) in [6.07, 6.45) is 7.57. The van der Waals surface area contributed by atoms with E-state index in [2.05, 4.69) is 14.9 Å². The molecule has 0 saturated carbocycles. The minimum Gasteiger partial charge on any atom is -0.338 e. The molecule has 1 fully saturated rings. The molecule has 0 aliphatic carbocycles. The van der Waals surface area contributed by atoms with Crippen molar-refractivity contribution in [2.75, 3.05) is 30.8 Å². The van der Waals surface area contributed by atoms with E-state index >= 15 is 0 Å². The van der Waals surface area contributed by atoms with Gasteiger partial charge in [-0.05, 0) is 18.9 Å². The van der Waals surface area contributed by atoms with E-state index in [0.717, 1.165) is 37.3 Å². The molecule has 1 atom stereocenters. The van der Waals surface area contributed by atoms with Crippen molar-refractivity contribution in [3.63, 3.8) is 0 Å². The van der Waals surface area contributed by atoms with Crippen LogP contribution in [0, 0.1) is 0 Å². The molecule has 1 spiro atoms. The Kier molecular flexibility index (Phi) is 3.86. The van der Waals surface area contributed by atoms with Crippen LogP contribution in [0.15, 0.2) is 23.3 Å². The Labute approximate surface area is 163 Å². The van der Waals surface area contributed by atoms with Gasteiger partial charge in [0.1, 0.15) is 5.82 Å². The van der Waals surface area contributed by atoms with Crippen molar-refractivity contribution >= 4 is 16.0 Å². The molecular weight excluding hydrogens is 380 g/mol. The number of anilines is 1. The molecule has 2 aromatic rings. The van der Waals surface area contributed by atoms with E-state index in [1.165, 1.54) is 10.6 Å². The highest BCUT2D eigenvalue weighted by Crippen LogP contribution is 2.39. The summed E-state index contributed by atoms with van der Waals surface area (Å²) in [5.74, 6) is 1.50. The third kappa shape index (κ3) is 2.66. The number of nitrogens with zero attached hydrogens (tertiary/aromatic N) is 6. The predicted octanol–water partition coefficient (Wildman–Crippen LogP) is -0.0972. The fourth-order valence-electron chi connectivity index (χ4n) is 4.77. The fourth-order valence-corrected chi connectivity index (χ4v) is 5.55. The Morgan fingerprint density at radius 3 is 2.64 bits per heavy atom. The quantitative estimate of drug-likeness (QED) is 0.691. The zero-order valence-corrected chi connectivity index (χ0v) is 16.5. The monoisotopic (exact) mass is 402 g/mol. The van der Waals surface area contributed by atoms with Gasteiger partial charge in [0.2, 0.25) is 16.0 Å². The maximum atomic E-state index is 13.4. The van der Waals surface area contributed by atoms with Crippen LogP contribution >= 0.6 is 0 Å². The number of rotatable bonds is 2. The number of hydrogen-bond donors (Lipinski definition) is 0. The standard InChI is InChI=1S/C18H22N6O3S/c1-28(26,27)23-9-4-14-13(11-23)16(25)24-15(21-14)3-5-18(24)6-10-22(12-18)17-19-7-2-8-20-17/h2,7-8H,3-6,9-12H2,1H3/t18-/m1/s1. The second-order valence-corrected chi connectivity index (χ2v) is 9.87. The van der Waals surface area contributed by atoms with Gasteiger partial charge in [0.25, 0.3) is 5.56 Å². The van der Waals surface area contributed by atoms with Crippen LogP contribution in [-0.4, -0.2) is 58.1 Å². The van der Waals surface area contributed by atoms with Crippen LogP contribution in [0.25, 0.3) is 0 Å². The Bertz CT molecular complexity index is 1100. The molecule has 148 valence electrons. The van der Waals surface area contributed by atoms with E-state index in [4.69, 9.17) is 4.98 Å². The van der Waals surface area contributed by atoms with Crippen molar-refractivity contribution in [1.29, 1.82) is 0 Å². The summed E-state index contributed by atoms with van der Waals surface area (Å²) >= 11 is 0. The summed E-state index contributed by atoms with van der Waals surface area (Å²) in [6.45, 7) is 1.94. The van der Waals surface area contributed by atoms with Gasteiger partial charge in [0.05, 0.1) is 23.1 Å². The number of hydrogen-bond acceptors (Lipinski definition) is 7. The van der Waals surface area contributed by atoms with Crippen molar-refractivity contribution in [3.05, 3.63) is 45.9 Å². The first-order valence-corrected chi connectivity index (χ1v) is 11.3. The van der Waals surface area contributed by atoms with E-state index in [1.54, 1.807) is 18.5 Å². The first-order valence-electron chi connectivity index (χ1n) is 9.49. The van der Waals surface area contributed by atoms with Gasteiger partial charge in [0.15, 0.2) is 0 Å². The highest BCUT2D eigenvalue weighted by Gasteiger charge is 2.47. The molecule has 0 aromatic carbocycles. The Balaban J connectivity index is 1.54. The van der Waals surface area contributed by atoms with Crippen LogP contribution in [0.4, 0.5) is 5.95 Å². The smallest absolute Gasteiger partial charge is 0.258 e. The molecule has 0 radical (unpaired) electrons. The zero-order valence-electron chi connectivity index (χ0n) is 15.7. The molecule has 9 nitrogen and oxygen atoms in total. The fraction of sp³-hybridized carbons (Fsp3) is 0.556. The molecule has 3 aliphatic rings. The topological polar surface area (TPSA) is 101 Å². The van der Waals surface area contributed by atoms with E-state index in [1.807, 2.05) is 4.57 Å². The summed E-state index contributed by atoms with van der Waals surface area (Å²) in [5, 5.41) is 0. The minimum atomic E-state index is -3.34. The first kappa shape index (κ1) is 17.7. The lowest BCUT2D eigenvalue weighted by Crippen LogP contribution is -2.46. The van der Waals surface area contributed by atoms with Gasteiger partial charge in [-0.1, -0.05) is 0 Å². The number of sulfonamides is 1. The van der Waals surface area contributed by atoms with Gasteiger partial charge >= 0.3 is 0 Å². The van der Waals surface area contributed by atoms with Gasteiger partial charge < -0.3 is 4.90 Å². The third-order valence-electron chi connectivity index (χ3n) is 6.19. The lowest BCUT2D eigenvalue weighted by molar-refractivity contribution is 0.319. The molecule has 0 N–H and O–H groups in total. The summed E-state index contributed by atoms with van der Waals surface area (Å²) in [5.41, 5.74) is 0.883. The van der Waals surface area contributed by atoms with Gasteiger partial charge in [-0.15, -0.1) is 0 Å². The summed E-state index contributed by atoms with van der Waals surface area (Å²) in [7, 11) is -3.34. The van der Waals surface area contributed by atoms with Gasteiger partial charge in [-0.3, -0.25) is 9.36 Å². The second-order valence-electron chi connectivity index (χ2n) is 7.89. The summed E-state index contributed by atoms with van der Waals surface area (Å²) in [6, 6.07) is 1.79. The largest absolute Gasteiger partial charge is 0.338 e. The van der Waals surface area contributed by atoms with Crippen LogP contribution in [0.2, 0.25) is 0 Å². The minimum absolute atomic E-state index is 0.0818. The highest BCUT2D eigenvalue weighted by atomic mass is 32.2. The average molecular weight is 402 g/mol. The second kappa shape index (κ2) is 6.08. The van der Waals surface area contributed by atoms with Crippen molar-refractivity contribution < 1.29 is 8.42 Å². The molecule has 5 heterocycles. The van der Waals surface area contributed by atoms with Crippen LogP contribution in [0.1, 0.15) is 29.9 Å². The molecule has 0 bridgehead atoms. The van der Waals surface area contributed by atoms with E-state index < -0.39 is 10.0 Å². The maximum Gasteiger partial charge on any atom is 0.258 e. The Morgan fingerprint density at radius 1 is 1.11 bits per heavy atom. The molecule has 28 heavy (non-hydrogen) atoms. The van der Waals surface area contributed by atoms with Crippen molar-refractivity contribution in [2.45, 2.75) is 37.8 Å². The van der Waals surface area contributed by atoms with Gasteiger partial charge in [0, 0.05) is 51.4 Å². The molecule has 5 rings (SSSR count). The maximum absolute atomic E-state index is 13.4. The van der Waals surface area contributed by atoms with E-state index in [0.29, 0.717) is 31.0 Å². The van der Waals surface area contributed by atoms with E-state index in [-0.39, 0.29) is 17.6 Å². The van der Waals surface area contributed by atoms with Crippen molar-refractivity contribution in [1.82, 2.24) is 23.8 Å². The zero-order chi connectivity index (χ0) is 19.5. The van der Waals surface area contributed by atoms with E-state index in [9.17, 15) is 13.2 Å².